The molecule has 15 heavy (non-hydrogen) atoms. The van der Waals surface area contributed by atoms with Crippen LogP contribution in [0.2, 0.25) is 0 Å². The number of thiophene rings is 1. The van der Waals surface area contributed by atoms with E-state index in [1.54, 1.807) is 0 Å². The zero-order valence-electron chi connectivity index (χ0n) is 7.96. The summed E-state index contributed by atoms with van der Waals surface area (Å²) < 4.78 is 7.22. The summed E-state index contributed by atoms with van der Waals surface area (Å²) in [7, 11) is 0. The van der Waals surface area contributed by atoms with E-state index in [9.17, 15) is 4.79 Å². The molecule has 0 N–H and O–H groups in total. The summed E-state index contributed by atoms with van der Waals surface area (Å²) in [5.41, 5.74) is 0.780. The van der Waals surface area contributed by atoms with Crippen LogP contribution in [0.5, 0.6) is 0 Å². The number of carbonyl (C=O) groups is 1. The Bertz CT molecular complexity index is 369. The summed E-state index contributed by atoms with van der Waals surface area (Å²) in [5, 5.41) is 0. The largest absolute Gasteiger partial charge is 0.381 e. The van der Waals surface area contributed by atoms with E-state index in [2.05, 4.69) is 31.9 Å². The normalized spacial score (nSPS) is 21.6. The molecule has 0 bridgehead atoms. The summed E-state index contributed by atoms with van der Waals surface area (Å²) in [5.74, 6) is 0.236. The predicted molar refractivity (Wildman–Crippen MR) is 67.6 cm³/mol. The van der Waals surface area contributed by atoms with Gasteiger partial charge in [0, 0.05) is 18.1 Å². The molecule has 1 unspecified atom stereocenters. The molecule has 0 radical (unpaired) electrons. The number of hydrogen-bond donors (Lipinski definition) is 0. The van der Waals surface area contributed by atoms with E-state index in [0.717, 1.165) is 32.6 Å². The van der Waals surface area contributed by atoms with Gasteiger partial charge in [-0.25, -0.2) is 0 Å². The van der Waals surface area contributed by atoms with E-state index in [1.165, 1.54) is 11.3 Å². The standard InChI is InChI=1S/C10H10Br2O2S/c11-8-4-7(10(12)15-8)9(13)6-2-1-3-14-5-6/h4,6H,1-3,5H2. The highest BCUT2D eigenvalue weighted by atomic mass is 79.9. The molecule has 2 nitrogen and oxygen atoms in total. The highest BCUT2D eigenvalue weighted by molar-refractivity contribution is 9.12. The van der Waals surface area contributed by atoms with E-state index >= 15 is 0 Å². The first kappa shape index (κ1) is 11.8. The van der Waals surface area contributed by atoms with Crippen molar-refractivity contribution in [2.24, 2.45) is 5.92 Å². The molecule has 0 aliphatic carbocycles. The van der Waals surface area contributed by atoms with Crippen molar-refractivity contribution < 1.29 is 9.53 Å². The summed E-state index contributed by atoms with van der Waals surface area (Å²) in [6, 6.07) is 1.88. The quantitative estimate of drug-likeness (QED) is 0.754. The van der Waals surface area contributed by atoms with Crippen molar-refractivity contribution in [1.82, 2.24) is 0 Å². The Morgan fingerprint density at radius 1 is 1.53 bits per heavy atom. The Kier molecular flexibility index (Phi) is 3.98. The average Bonchev–Trinajstić information content (AvgIpc) is 2.58. The molecule has 1 aromatic rings. The van der Waals surface area contributed by atoms with Gasteiger partial charge in [-0.1, -0.05) is 0 Å². The Balaban J connectivity index is 2.16. The molecule has 5 heteroatoms. The molecule has 0 aromatic carbocycles. The smallest absolute Gasteiger partial charge is 0.170 e. The van der Waals surface area contributed by atoms with Crippen LogP contribution in [0, 0.1) is 5.92 Å². The van der Waals surface area contributed by atoms with Crippen molar-refractivity contribution in [3.05, 3.63) is 19.2 Å². The van der Waals surface area contributed by atoms with Crippen LogP contribution < -0.4 is 0 Å². The Hall–Kier alpha value is 0.290. The Morgan fingerprint density at radius 3 is 2.87 bits per heavy atom. The zero-order valence-corrected chi connectivity index (χ0v) is 12.0. The monoisotopic (exact) mass is 352 g/mol. The van der Waals surface area contributed by atoms with Crippen molar-refractivity contribution >= 4 is 49.0 Å². The highest BCUT2D eigenvalue weighted by Gasteiger charge is 2.25. The van der Waals surface area contributed by atoms with E-state index in [-0.39, 0.29) is 11.7 Å². The molecule has 0 spiro atoms. The second-order valence-corrected chi connectivity index (χ2v) is 7.27. The van der Waals surface area contributed by atoms with Crippen molar-refractivity contribution in [2.75, 3.05) is 13.2 Å². The molecule has 1 aromatic heterocycles. The summed E-state index contributed by atoms with van der Waals surface area (Å²) in [6.45, 7) is 1.36. The van der Waals surface area contributed by atoms with Crippen molar-refractivity contribution in [3.8, 4) is 0 Å². The van der Waals surface area contributed by atoms with Gasteiger partial charge in [-0.15, -0.1) is 11.3 Å². The van der Waals surface area contributed by atoms with Crippen LogP contribution in [0.1, 0.15) is 23.2 Å². The minimum absolute atomic E-state index is 0.0385. The van der Waals surface area contributed by atoms with Gasteiger partial charge in [-0.3, -0.25) is 4.79 Å². The van der Waals surface area contributed by atoms with Gasteiger partial charge < -0.3 is 4.74 Å². The van der Waals surface area contributed by atoms with Crippen molar-refractivity contribution in [1.29, 1.82) is 0 Å². The van der Waals surface area contributed by atoms with E-state index in [1.807, 2.05) is 6.07 Å². The predicted octanol–water partition coefficient (Wildman–Crippen LogP) is 3.88. The van der Waals surface area contributed by atoms with Gasteiger partial charge in [0.2, 0.25) is 0 Å². The average molecular weight is 354 g/mol. The molecule has 1 fully saturated rings. The maximum Gasteiger partial charge on any atom is 0.170 e. The van der Waals surface area contributed by atoms with Gasteiger partial charge in [-0.2, -0.15) is 0 Å². The molecular formula is C10H10Br2O2S. The second kappa shape index (κ2) is 5.08. The van der Waals surface area contributed by atoms with Gasteiger partial charge in [0.15, 0.2) is 5.78 Å². The van der Waals surface area contributed by atoms with Gasteiger partial charge in [0.05, 0.1) is 14.2 Å². The molecule has 0 saturated carbocycles. The van der Waals surface area contributed by atoms with Crippen molar-refractivity contribution in [3.63, 3.8) is 0 Å². The van der Waals surface area contributed by atoms with Gasteiger partial charge in [0.1, 0.15) is 0 Å². The summed E-state index contributed by atoms with van der Waals surface area (Å²) in [4.78, 5) is 12.1. The fourth-order valence-corrected chi connectivity index (χ4v) is 4.49. The van der Waals surface area contributed by atoms with Gasteiger partial charge >= 0.3 is 0 Å². The first-order valence-corrected chi connectivity index (χ1v) is 7.15. The lowest BCUT2D eigenvalue weighted by Crippen LogP contribution is -2.25. The van der Waals surface area contributed by atoms with Crippen LogP contribution in [-0.2, 0) is 4.74 Å². The molecule has 2 rings (SSSR count). The third-order valence-corrected chi connectivity index (χ3v) is 4.79. The third kappa shape index (κ3) is 2.70. The van der Waals surface area contributed by atoms with Crippen LogP contribution in [0.4, 0.5) is 0 Å². The maximum absolute atomic E-state index is 12.1. The SMILES string of the molecule is O=C(c1cc(Br)sc1Br)C1CCCOC1. The molecule has 0 amide bonds. The molecule has 1 atom stereocenters. The third-order valence-electron chi connectivity index (χ3n) is 2.45. The number of ether oxygens (including phenoxy) is 1. The number of hydrogen-bond acceptors (Lipinski definition) is 3. The molecule has 82 valence electrons. The fraction of sp³-hybridized carbons (Fsp3) is 0.500. The number of halogens is 2. The van der Waals surface area contributed by atoms with E-state index in [4.69, 9.17) is 4.74 Å². The van der Waals surface area contributed by atoms with E-state index in [0.29, 0.717) is 6.61 Å². The maximum atomic E-state index is 12.1. The first-order chi connectivity index (χ1) is 7.18. The van der Waals surface area contributed by atoms with Gasteiger partial charge in [0.25, 0.3) is 0 Å². The lowest BCUT2D eigenvalue weighted by molar-refractivity contribution is 0.0461. The number of ketones is 1. The van der Waals surface area contributed by atoms with Crippen LogP contribution in [0.15, 0.2) is 13.6 Å². The lowest BCUT2D eigenvalue weighted by atomic mass is 9.94. The van der Waals surface area contributed by atoms with E-state index < -0.39 is 0 Å². The number of carbonyl (C=O) groups excluding carboxylic acids is 1. The van der Waals surface area contributed by atoms with Gasteiger partial charge in [-0.05, 0) is 50.8 Å². The van der Waals surface area contributed by atoms with Crippen molar-refractivity contribution in [2.45, 2.75) is 12.8 Å². The molecule has 1 saturated heterocycles. The van der Waals surface area contributed by atoms with Crippen LogP contribution in [0.3, 0.4) is 0 Å². The highest BCUT2D eigenvalue weighted by Crippen LogP contribution is 2.34. The van der Waals surface area contributed by atoms with Crippen LogP contribution >= 0.6 is 43.2 Å². The topological polar surface area (TPSA) is 26.3 Å². The number of Topliss-reactive ketones (excluding diaryl/α,β-unsaturated/α-hetero) is 1. The van der Waals surface area contributed by atoms with Crippen LogP contribution in [-0.4, -0.2) is 19.0 Å². The number of rotatable bonds is 2. The summed E-state index contributed by atoms with van der Waals surface area (Å²) >= 11 is 8.32. The minimum Gasteiger partial charge on any atom is -0.381 e. The minimum atomic E-state index is 0.0385. The fourth-order valence-electron chi connectivity index (χ4n) is 1.68. The summed E-state index contributed by atoms with van der Waals surface area (Å²) in [6.07, 6.45) is 1.93. The Morgan fingerprint density at radius 2 is 2.33 bits per heavy atom. The first-order valence-electron chi connectivity index (χ1n) is 4.75. The lowest BCUT2D eigenvalue weighted by Gasteiger charge is -2.20. The zero-order chi connectivity index (χ0) is 10.8. The Labute approximate surface area is 109 Å². The van der Waals surface area contributed by atoms with Crippen LogP contribution in [0.25, 0.3) is 0 Å². The molecule has 1 aliphatic rings. The molecule has 2 heterocycles. The molecule has 1 aliphatic heterocycles. The molecular weight excluding hydrogens is 344 g/mol. The second-order valence-electron chi connectivity index (χ2n) is 3.52.